The summed E-state index contributed by atoms with van der Waals surface area (Å²) in [5, 5.41) is 9.60. The van der Waals surface area contributed by atoms with Crippen LogP contribution in [-0.4, -0.2) is 79.4 Å². The molecule has 1 aliphatic carbocycles. The number of hydrogen-bond acceptors (Lipinski definition) is 7. The average molecular weight is 591 g/mol. The van der Waals surface area contributed by atoms with Crippen LogP contribution < -0.4 is 16.0 Å². The quantitative estimate of drug-likeness (QED) is 0.221. The Kier molecular flexibility index (Phi) is 9.99. The number of amides is 3. The van der Waals surface area contributed by atoms with E-state index in [1.807, 2.05) is 60.7 Å². The molecule has 1 saturated heterocycles. The van der Waals surface area contributed by atoms with Gasteiger partial charge in [-0.25, -0.2) is 0 Å². The van der Waals surface area contributed by atoms with Crippen LogP contribution in [0.4, 0.5) is 0 Å². The van der Waals surface area contributed by atoms with E-state index in [2.05, 4.69) is 20.9 Å². The van der Waals surface area contributed by atoms with Gasteiger partial charge < -0.3 is 20.7 Å². The number of carbonyl (C=O) groups excluding carboxylic acids is 4. The molecule has 1 unspecified atom stereocenters. The molecule has 5 rings (SSSR count). The summed E-state index contributed by atoms with van der Waals surface area (Å²) in [4.78, 5) is 56.3. The van der Waals surface area contributed by atoms with Gasteiger partial charge in [-0.15, -0.1) is 11.3 Å². The molecule has 222 valence electrons. The molecule has 1 saturated carbocycles. The van der Waals surface area contributed by atoms with E-state index in [-0.39, 0.29) is 12.3 Å². The minimum absolute atomic E-state index is 0.174. The summed E-state index contributed by atoms with van der Waals surface area (Å²) in [6.07, 6.45) is 3.38. The Balaban J connectivity index is 1.25. The number of nitrogens with zero attached hydrogens (tertiary/aromatic N) is 1. The van der Waals surface area contributed by atoms with E-state index in [0.29, 0.717) is 43.9 Å². The Labute approximate surface area is 250 Å². The number of fused-ring (bicyclic) bond motifs is 1. The first-order valence-corrected chi connectivity index (χ1v) is 15.5. The van der Waals surface area contributed by atoms with Gasteiger partial charge in [-0.05, 0) is 48.9 Å². The van der Waals surface area contributed by atoms with Gasteiger partial charge in [0.2, 0.25) is 11.7 Å². The van der Waals surface area contributed by atoms with Crippen LogP contribution in [0.1, 0.15) is 47.3 Å². The summed E-state index contributed by atoms with van der Waals surface area (Å²) in [5.41, 5.74) is -0.317. The van der Waals surface area contributed by atoms with Crippen molar-refractivity contribution < 1.29 is 23.9 Å². The number of hydrogen-bond donors (Lipinski definition) is 3. The van der Waals surface area contributed by atoms with Crippen molar-refractivity contribution in [1.29, 1.82) is 0 Å². The lowest BCUT2D eigenvalue weighted by Crippen LogP contribution is -2.61. The van der Waals surface area contributed by atoms with Gasteiger partial charge in [-0.2, -0.15) is 0 Å². The fourth-order valence-corrected chi connectivity index (χ4v) is 6.65. The zero-order chi connectivity index (χ0) is 29.4. The number of benzene rings is 2. The molecule has 3 N–H and O–H groups in total. The lowest BCUT2D eigenvalue weighted by atomic mass is 9.94. The number of nitrogens with one attached hydrogen (secondary N) is 3. The number of ketones is 1. The van der Waals surface area contributed by atoms with Gasteiger partial charge in [-0.3, -0.25) is 24.1 Å². The number of rotatable bonds is 12. The first-order chi connectivity index (χ1) is 20.4. The first-order valence-electron chi connectivity index (χ1n) is 14.7. The monoisotopic (exact) mass is 590 g/mol. The molecule has 10 heteroatoms. The van der Waals surface area contributed by atoms with Crippen LogP contribution in [-0.2, 0) is 25.5 Å². The summed E-state index contributed by atoms with van der Waals surface area (Å²) in [7, 11) is 0. The average Bonchev–Trinajstić information content (AvgIpc) is 3.68. The van der Waals surface area contributed by atoms with Gasteiger partial charge in [0.25, 0.3) is 11.8 Å². The van der Waals surface area contributed by atoms with E-state index in [1.54, 1.807) is 0 Å². The summed E-state index contributed by atoms with van der Waals surface area (Å²) >= 11 is 1.38. The van der Waals surface area contributed by atoms with Gasteiger partial charge in [0.1, 0.15) is 11.6 Å². The second-order valence-electron chi connectivity index (χ2n) is 11.0. The van der Waals surface area contributed by atoms with E-state index in [9.17, 15) is 19.2 Å². The second-order valence-corrected chi connectivity index (χ2v) is 12.1. The Morgan fingerprint density at radius 2 is 1.67 bits per heavy atom. The van der Waals surface area contributed by atoms with E-state index in [1.165, 1.54) is 11.3 Å². The molecule has 3 aromatic rings. The minimum atomic E-state index is -1.14. The molecule has 2 aromatic carbocycles. The van der Waals surface area contributed by atoms with Crippen molar-refractivity contribution in [3.05, 3.63) is 71.1 Å². The molecule has 2 fully saturated rings. The third-order valence-electron chi connectivity index (χ3n) is 8.06. The molecule has 9 nitrogen and oxygen atoms in total. The Morgan fingerprint density at radius 3 is 2.40 bits per heavy atom. The van der Waals surface area contributed by atoms with Crippen LogP contribution in [0.15, 0.2) is 60.7 Å². The third kappa shape index (κ3) is 7.42. The van der Waals surface area contributed by atoms with Crippen LogP contribution in [0.2, 0.25) is 0 Å². The highest BCUT2D eigenvalue weighted by Crippen LogP contribution is 2.32. The maximum atomic E-state index is 13.8. The van der Waals surface area contributed by atoms with Gasteiger partial charge in [-0.1, -0.05) is 61.4 Å². The second kappa shape index (κ2) is 14.0. The van der Waals surface area contributed by atoms with Crippen LogP contribution in [0.5, 0.6) is 0 Å². The van der Waals surface area contributed by atoms with E-state index < -0.39 is 29.2 Å². The number of thiophene rings is 1. The third-order valence-corrected chi connectivity index (χ3v) is 9.18. The number of carbonyl (C=O) groups is 4. The van der Waals surface area contributed by atoms with Gasteiger partial charge in [0.15, 0.2) is 0 Å². The first kappa shape index (κ1) is 29.9. The predicted molar refractivity (Wildman–Crippen MR) is 162 cm³/mol. The summed E-state index contributed by atoms with van der Waals surface area (Å²) in [6, 6.07) is 17.8. The highest BCUT2D eigenvalue weighted by atomic mass is 32.1. The van der Waals surface area contributed by atoms with Crippen LogP contribution in [0, 0.1) is 0 Å². The summed E-state index contributed by atoms with van der Waals surface area (Å²) in [6.45, 7) is 4.31. The largest absolute Gasteiger partial charge is 0.379 e. The lowest BCUT2D eigenvalue weighted by molar-refractivity contribution is -0.140. The SMILES string of the molecule is O=C(NCCCN1CCOCC1)C(=O)C(Cc1ccccc1)NC(=O)C1(NC(=O)c2cc3ccccc3s2)CCCC1. The Bertz CT molecular complexity index is 1360. The molecule has 3 amide bonds. The smallest absolute Gasteiger partial charge is 0.289 e. The Hall–Kier alpha value is -3.60. The fourth-order valence-electron chi connectivity index (χ4n) is 5.69. The molecule has 1 aromatic heterocycles. The van der Waals surface area contributed by atoms with Crippen molar-refractivity contribution in [1.82, 2.24) is 20.9 Å². The number of Topliss-reactive ketones (excluding diaryl/α,β-unsaturated/α-hetero) is 1. The molecule has 1 atom stereocenters. The molecule has 0 spiro atoms. The molecule has 2 aliphatic rings. The topological polar surface area (TPSA) is 117 Å². The molecule has 0 radical (unpaired) electrons. The van der Waals surface area contributed by atoms with Crippen LogP contribution in [0.3, 0.4) is 0 Å². The zero-order valence-electron chi connectivity index (χ0n) is 23.7. The minimum Gasteiger partial charge on any atom is -0.379 e. The normalized spacial score (nSPS) is 17.4. The van der Waals surface area contributed by atoms with E-state index in [0.717, 1.165) is 48.1 Å². The predicted octanol–water partition coefficient (Wildman–Crippen LogP) is 3.08. The van der Waals surface area contributed by atoms with Gasteiger partial charge in [0, 0.05) is 30.8 Å². The fraction of sp³-hybridized carbons (Fsp3) is 0.438. The molecule has 2 heterocycles. The molecular formula is C32H38N4O5S. The van der Waals surface area contributed by atoms with Crippen molar-refractivity contribution in [3.63, 3.8) is 0 Å². The summed E-state index contributed by atoms with van der Waals surface area (Å²) < 4.78 is 6.37. The van der Waals surface area contributed by atoms with Crippen LogP contribution >= 0.6 is 11.3 Å². The van der Waals surface area contributed by atoms with Crippen molar-refractivity contribution in [2.75, 3.05) is 39.4 Å². The number of ether oxygens (including phenoxy) is 1. The molecule has 42 heavy (non-hydrogen) atoms. The van der Waals surface area contributed by atoms with Crippen LogP contribution in [0.25, 0.3) is 10.1 Å². The van der Waals surface area contributed by atoms with Crippen molar-refractivity contribution in [2.24, 2.45) is 0 Å². The highest BCUT2D eigenvalue weighted by molar-refractivity contribution is 7.20. The van der Waals surface area contributed by atoms with Crippen molar-refractivity contribution in [3.8, 4) is 0 Å². The maximum Gasteiger partial charge on any atom is 0.289 e. The standard InChI is InChI=1S/C32H38N4O5S/c37-28(30(39)33-15-8-16-36-17-19-41-20-18-36)25(21-23-9-2-1-3-10-23)34-31(40)32(13-6-7-14-32)35-29(38)27-22-24-11-4-5-12-26(24)42-27/h1-5,9-12,22,25H,6-8,13-21H2,(H,33,39)(H,34,40)(H,35,38). The van der Waals surface area contributed by atoms with Crippen molar-refractivity contribution >= 4 is 44.9 Å². The van der Waals surface area contributed by atoms with E-state index >= 15 is 0 Å². The van der Waals surface area contributed by atoms with Crippen molar-refractivity contribution in [2.45, 2.75) is 50.1 Å². The summed E-state index contributed by atoms with van der Waals surface area (Å²) in [5.74, 6) is -2.14. The highest BCUT2D eigenvalue weighted by Gasteiger charge is 2.44. The van der Waals surface area contributed by atoms with Gasteiger partial charge in [0.05, 0.1) is 18.1 Å². The number of morpholine rings is 1. The Morgan fingerprint density at radius 1 is 0.952 bits per heavy atom. The van der Waals surface area contributed by atoms with E-state index in [4.69, 9.17) is 4.74 Å². The molecular weight excluding hydrogens is 552 g/mol. The van der Waals surface area contributed by atoms with Gasteiger partial charge >= 0.3 is 0 Å². The lowest BCUT2D eigenvalue weighted by Gasteiger charge is -2.31. The molecule has 0 bridgehead atoms. The zero-order valence-corrected chi connectivity index (χ0v) is 24.5. The molecule has 1 aliphatic heterocycles. The maximum absolute atomic E-state index is 13.8.